The van der Waals surface area contributed by atoms with E-state index in [0.29, 0.717) is 20.5 Å². The molecule has 3 nitrogen and oxygen atoms in total. The first-order valence-electron chi connectivity index (χ1n) is 5.63. The molecule has 0 aliphatic heterocycles. The molecule has 0 saturated carbocycles. The smallest absolute Gasteiger partial charge is 0.335 e. The standard InChI is InChI=1S/C14H10Cl2O3S/c15-12-5-2-6-13(16)11(12)8-20(19)10-4-1-3-9(7-10)14(17)18/h1-7H,8H2,(H,17,18). The molecule has 0 aliphatic rings. The second-order valence-electron chi connectivity index (χ2n) is 4.02. The third-order valence-electron chi connectivity index (χ3n) is 2.68. The Labute approximate surface area is 128 Å². The van der Waals surface area contributed by atoms with Crippen LogP contribution < -0.4 is 0 Å². The summed E-state index contributed by atoms with van der Waals surface area (Å²) >= 11 is 12.1. The van der Waals surface area contributed by atoms with Crippen molar-refractivity contribution in [3.8, 4) is 0 Å². The fourth-order valence-corrected chi connectivity index (χ4v) is 3.57. The van der Waals surface area contributed by atoms with Crippen molar-refractivity contribution in [3.63, 3.8) is 0 Å². The quantitative estimate of drug-likeness (QED) is 0.922. The lowest BCUT2D eigenvalue weighted by Gasteiger charge is -2.07. The Morgan fingerprint density at radius 2 is 1.70 bits per heavy atom. The fraction of sp³-hybridized carbons (Fsp3) is 0.0714. The molecular weight excluding hydrogens is 319 g/mol. The monoisotopic (exact) mass is 328 g/mol. The summed E-state index contributed by atoms with van der Waals surface area (Å²) in [4.78, 5) is 11.3. The van der Waals surface area contributed by atoms with E-state index in [1.54, 1.807) is 30.3 Å². The van der Waals surface area contributed by atoms with Gasteiger partial charge < -0.3 is 5.11 Å². The van der Waals surface area contributed by atoms with Crippen LogP contribution in [0.5, 0.6) is 0 Å². The molecular formula is C14H10Cl2O3S. The fourth-order valence-electron chi connectivity index (χ4n) is 1.66. The van der Waals surface area contributed by atoms with Gasteiger partial charge in [-0.05, 0) is 30.3 Å². The molecule has 1 unspecified atom stereocenters. The van der Waals surface area contributed by atoms with Crippen LogP contribution in [0.25, 0.3) is 0 Å². The highest BCUT2D eigenvalue weighted by Gasteiger charge is 2.13. The lowest BCUT2D eigenvalue weighted by Crippen LogP contribution is -2.01. The van der Waals surface area contributed by atoms with E-state index in [9.17, 15) is 9.00 Å². The van der Waals surface area contributed by atoms with Gasteiger partial charge in [0.05, 0.1) is 22.1 Å². The Kier molecular flexibility index (Phi) is 4.81. The van der Waals surface area contributed by atoms with Crippen LogP contribution in [-0.2, 0) is 16.6 Å². The molecule has 0 spiro atoms. The minimum absolute atomic E-state index is 0.0982. The molecule has 0 fully saturated rings. The van der Waals surface area contributed by atoms with Gasteiger partial charge in [0.2, 0.25) is 0 Å². The molecule has 2 rings (SSSR count). The van der Waals surface area contributed by atoms with Crippen molar-refractivity contribution < 1.29 is 14.1 Å². The number of carbonyl (C=O) groups is 1. The van der Waals surface area contributed by atoms with E-state index in [1.165, 1.54) is 12.1 Å². The predicted molar refractivity (Wildman–Crippen MR) is 80.0 cm³/mol. The molecule has 1 atom stereocenters. The first kappa shape index (κ1) is 15.0. The van der Waals surface area contributed by atoms with Gasteiger partial charge in [-0.3, -0.25) is 4.21 Å². The second-order valence-corrected chi connectivity index (χ2v) is 6.29. The van der Waals surface area contributed by atoms with Gasteiger partial charge in [0.1, 0.15) is 0 Å². The number of halogens is 2. The van der Waals surface area contributed by atoms with Crippen LogP contribution in [0.4, 0.5) is 0 Å². The molecule has 0 amide bonds. The first-order valence-corrected chi connectivity index (χ1v) is 7.71. The number of carboxylic acid groups (broad SMARTS) is 1. The van der Waals surface area contributed by atoms with Gasteiger partial charge in [-0.2, -0.15) is 0 Å². The van der Waals surface area contributed by atoms with Gasteiger partial charge >= 0.3 is 5.97 Å². The minimum Gasteiger partial charge on any atom is -0.478 e. The average Bonchev–Trinajstić information content (AvgIpc) is 2.43. The molecule has 0 bridgehead atoms. The summed E-state index contributed by atoms with van der Waals surface area (Å²) in [5.41, 5.74) is 0.691. The van der Waals surface area contributed by atoms with Gasteiger partial charge in [-0.1, -0.05) is 35.3 Å². The van der Waals surface area contributed by atoms with E-state index in [0.717, 1.165) is 0 Å². The summed E-state index contributed by atoms with van der Waals surface area (Å²) in [5, 5.41) is 9.82. The molecule has 1 N–H and O–H groups in total. The van der Waals surface area contributed by atoms with Crippen LogP contribution in [0.2, 0.25) is 10.0 Å². The van der Waals surface area contributed by atoms with Crippen LogP contribution in [-0.4, -0.2) is 15.3 Å². The Morgan fingerprint density at radius 1 is 1.10 bits per heavy atom. The van der Waals surface area contributed by atoms with E-state index < -0.39 is 16.8 Å². The van der Waals surface area contributed by atoms with Gasteiger partial charge in [-0.15, -0.1) is 0 Å². The molecule has 0 aromatic heterocycles. The Morgan fingerprint density at radius 3 is 2.30 bits per heavy atom. The summed E-state index contributed by atoms with van der Waals surface area (Å²) in [6.45, 7) is 0. The molecule has 0 radical (unpaired) electrons. The molecule has 104 valence electrons. The molecule has 0 heterocycles. The Hall–Kier alpha value is -1.36. The SMILES string of the molecule is O=C(O)c1cccc(S(=O)Cc2c(Cl)cccc2Cl)c1. The summed E-state index contributed by atoms with van der Waals surface area (Å²) < 4.78 is 12.3. The van der Waals surface area contributed by atoms with E-state index >= 15 is 0 Å². The largest absolute Gasteiger partial charge is 0.478 e. The van der Waals surface area contributed by atoms with Crippen molar-refractivity contribution >= 4 is 40.0 Å². The highest BCUT2D eigenvalue weighted by molar-refractivity contribution is 7.84. The van der Waals surface area contributed by atoms with Gasteiger partial charge in [-0.25, -0.2) is 4.79 Å². The summed E-state index contributed by atoms with van der Waals surface area (Å²) in [5.74, 6) is -0.915. The van der Waals surface area contributed by atoms with Crippen LogP contribution in [0.1, 0.15) is 15.9 Å². The topological polar surface area (TPSA) is 54.4 Å². The maximum absolute atomic E-state index is 12.3. The number of benzene rings is 2. The summed E-state index contributed by atoms with van der Waals surface area (Å²) in [6, 6.07) is 11.1. The molecule has 2 aromatic rings. The molecule has 20 heavy (non-hydrogen) atoms. The first-order chi connectivity index (χ1) is 9.49. The van der Waals surface area contributed by atoms with Crippen molar-refractivity contribution in [2.75, 3.05) is 0 Å². The van der Waals surface area contributed by atoms with E-state index in [2.05, 4.69) is 0 Å². The lowest BCUT2D eigenvalue weighted by atomic mass is 10.2. The van der Waals surface area contributed by atoms with Crippen molar-refractivity contribution in [2.24, 2.45) is 0 Å². The average molecular weight is 329 g/mol. The van der Waals surface area contributed by atoms with Crippen LogP contribution in [0, 0.1) is 0 Å². The summed E-state index contributed by atoms with van der Waals surface area (Å²) in [7, 11) is -1.41. The third kappa shape index (κ3) is 3.39. The van der Waals surface area contributed by atoms with Crippen molar-refractivity contribution in [1.82, 2.24) is 0 Å². The van der Waals surface area contributed by atoms with Gasteiger partial charge in [0, 0.05) is 20.5 Å². The number of hydrogen-bond donors (Lipinski definition) is 1. The third-order valence-corrected chi connectivity index (χ3v) is 4.72. The number of rotatable bonds is 4. The number of aromatic carboxylic acids is 1. The predicted octanol–water partition coefficient (Wildman–Crippen LogP) is 4.00. The van der Waals surface area contributed by atoms with Crippen molar-refractivity contribution in [3.05, 3.63) is 63.6 Å². The minimum atomic E-state index is -1.41. The normalized spacial score (nSPS) is 12.1. The van der Waals surface area contributed by atoms with E-state index in [4.69, 9.17) is 28.3 Å². The zero-order valence-electron chi connectivity index (χ0n) is 10.2. The van der Waals surface area contributed by atoms with Crippen LogP contribution in [0.15, 0.2) is 47.4 Å². The van der Waals surface area contributed by atoms with Crippen molar-refractivity contribution in [1.29, 1.82) is 0 Å². The molecule has 6 heteroatoms. The number of carboxylic acids is 1. The van der Waals surface area contributed by atoms with Crippen LogP contribution in [0.3, 0.4) is 0 Å². The van der Waals surface area contributed by atoms with Gasteiger partial charge in [0.25, 0.3) is 0 Å². The van der Waals surface area contributed by atoms with Crippen molar-refractivity contribution in [2.45, 2.75) is 10.6 Å². The second kappa shape index (κ2) is 6.39. The summed E-state index contributed by atoms with van der Waals surface area (Å²) in [6.07, 6.45) is 0. The molecule has 0 aliphatic carbocycles. The maximum Gasteiger partial charge on any atom is 0.335 e. The Balaban J connectivity index is 2.29. The lowest BCUT2D eigenvalue weighted by molar-refractivity contribution is 0.0696. The maximum atomic E-state index is 12.3. The Bertz CT molecular complexity index is 666. The zero-order chi connectivity index (χ0) is 14.7. The van der Waals surface area contributed by atoms with E-state index in [1.807, 2.05) is 0 Å². The molecule has 2 aromatic carbocycles. The molecule has 0 saturated heterocycles. The zero-order valence-corrected chi connectivity index (χ0v) is 12.5. The van der Waals surface area contributed by atoms with E-state index in [-0.39, 0.29) is 11.3 Å². The highest BCUT2D eigenvalue weighted by Crippen LogP contribution is 2.27. The van der Waals surface area contributed by atoms with Crippen LogP contribution >= 0.6 is 23.2 Å². The highest BCUT2D eigenvalue weighted by atomic mass is 35.5. The van der Waals surface area contributed by atoms with Gasteiger partial charge in [0.15, 0.2) is 0 Å². The number of hydrogen-bond acceptors (Lipinski definition) is 2.